The van der Waals surface area contributed by atoms with Crippen LogP contribution in [0.1, 0.15) is 86.0 Å². The summed E-state index contributed by atoms with van der Waals surface area (Å²) in [5.74, 6) is -0.136. The lowest BCUT2D eigenvalue weighted by Crippen LogP contribution is -2.34. The van der Waals surface area contributed by atoms with E-state index in [2.05, 4.69) is 52.8 Å². The fraction of sp³-hybridized carbons (Fsp3) is 0.458. The minimum absolute atomic E-state index is 0.136. The molecule has 1 aliphatic rings. The van der Waals surface area contributed by atoms with Crippen molar-refractivity contribution in [3.05, 3.63) is 70.3 Å². The molecule has 0 saturated heterocycles. The Hall–Kier alpha value is -2.09. The van der Waals surface area contributed by atoms with Crippen LogP contribution in [0.4, 0.5) is 0 Å². The van der Waals surface area contributed by atoms with Crippen LogP contribution in [0.5, 0.6) is 0 Å². The number of esters is 1. The lowest BCUT2D eigenvalue weighted by atomic mass is 9.62. The zero-order valence-corrected chi connectivity index (χ0v) is 16.8. The monoisotopic (exact) mass is 350 g/mol. The molecule has 0 N–H and O–H groups in total. The third-order valence-corrected chi connectivity index (χ3v) is 6.21. The van der Waals surface area contributed by atoms with Crippen LogP contribution in [0, 0.1) is 0 Å². The van der Waals surface area contributed by atoms with Crippen LogP contribution in [-0.4, -0.2) is 13.1 Å². The molecule has 0 radical (unpaired) electrons. The molecule has 1 aliphatic carbocycles. The quantitative estimate of drug-likeness (QED) is 0.637. The zero-order valence-electron chi connectivity index (χ0n) is 16.8. The van der Waals surface area contributed by atoms with Gasteiger partial charge >= 0.3 is 5.97 Å². The molecule has 2 nitrogen and oxygen atoms in total. The first-order valence-electron chi connectivity index (χ1n) is 9.49. The van der Waals surface area contributed by atoms with Crippen molar-refractivity contribution in [3.8, 4) is 0 Å². The van der Waals surface area contributed by atoms with Crippen molar-refractivity contribution in [2.75, 3.05) is 7.11 Å². The van der Waals surface area contributed by atoms with E-state index in [9.17, 15) is 4.79 Å². The first-order chi connectivity index (χ1) is 12.2. The third kappa shape index (κ3) is 3.18. The smallest absolute Gasteiger partial charge is 0.338 e. The van der Waals surface area contributed by atoms with Crippen LogP contribution in [0.3, 0.4) is 0 Å². The van der Waals surface area contributed by atoms with Gasteiger partial charge in [0.1, 0.15) is 0 Å². The van der Waals surface area contributed by atoms with Crippen LogP contribution in [-0.2, 0) is 15.6 Å². The Morgan fingerprint density at radius 2 is 1.58 bits per heavy atom. The number of carbonyl (C=O) groups excluding carboxylic acids is 1. The maximum atomic E-state index is 12.2. The van der Waals surface area contributed by atoms with Crippen LogP contribution in [0.25, 0.3) is 0 Å². The fourth-order valence-corrected chi connectivity index (χ4v) is 4.23. The van der Waals surface area contributed by atoms with Gasteiger partial charge in [0, 0.05) is 5.92 Å². The van der Waals surface area contributed by atoms with Gasteiger partial charge in [-0.3, -0.25) is 0 Å². The van der Waals surface area contributed by atoms with E-state index in [4.69, 9.17) is 4.74 Å². The van der Waals surface area contributed by atoms with Gasteiger partial charge in [-0.1, -0.05) is 71.0 Å². The van der Waals surface area contributed by atoms with Crippen molar-refractivity contribution in [3.63, 3.8) is 0 Å². The van der Waals surface area contributed by atoms with E-state index in [1.165, 1.54) is 36.6 Å². The number of carbonyl (C=O) groups is 1. The predicted octanol–water partition coefficient (Wildman–Crippen LogP) is 5.97. The highest BCUT2D eigenvalue weighted by molar-refractivity contribution is 5.91. The van der Waals surface area contributed by atoms with Crippen LogP contribution in [0.15, 0.2) is 42.5 Å². The molecule has 138 valence electrons. The summed E-state index contributed by atoms with van der Waals surface area (Å²) < 4.78 is 4.97. The van der Waals surface area contributed by atoms with E-state index in [1.54, 1.807) is 0 Å². The molecule has 26 heavy (non-hydrogen) atoms. The van der Waals surface area contributed by atoms with E-state index >= 15 is 0 Å². The highest BCUT2D eigenvalue weighted by Gasteiger charge is 2.37. The Morgan fingerprint density at radius 1 is 0.962 bits per heavy atom. The minimum atomic E-state index is -0.271. The second-order valence-corrected chi connectivity index (χ2v) is 8.87. The maximum Gasteiger partial charge on any atom is 0.338 e. The number of fused-ring (bicyclic) bond motifs is 1. The van der Waals surface area contributed by atoms with Gasteiger partial charge in [0.15, 0.2) is 0 Å². The SMILES string of the molecule is COC(=O)c1ccccc1C(C)c1ccc2c(c1)C(C)(C)CCC2(C)C. The summed E-state index contributed by atoms with van der Waals surface area (Å²) in [6.07, 6.45) is 2.41. The van der Waals surface area contributed by atoms with Crippen LogP contribution < -0.4 is 0 Å². The summed E-state index contributed by atoms with van der Waals surface area (Å²) in [5.41, 5.74) is 6.25. The molecule has 0 saturated carbocycles. The Bertz CT molecular complexity index is 830. The molecule has 0 fully saturated rings. The molecule has 0 amide bonds. The summed E-state index contributed by atoms with van der Waals surface area (Å²) in [5, 5.41) is 0. The topological polar surface area (TPSA) is 26.3 Å². The van der Waals surface area contributed by atoms with Gasteiger partial charge in [0.25, 0.3) is 0 Å². The molecule has 0 aromatic heterocycles. The minimum Gasteiger partial charge on any atom is -0.465 e. The Kier molecular flexibility index (Phi) is 4.72. The van der Waals surface area contributed by atoms with E-state index in [1.807, 2.05) is 24.3 Å². The largest absolute Gasteiger partial charge is 0.465 e. The summed E-state index contributed by atoms with van der Waals surface area (Å²) >= 11 is 0. The lowest BCUT2D eigenvalue weighted by Gasteiger charge is -2.42. The Balaban J connectivity index is 2.08. The van der Waals surface area contributed by atoms with Crippen molar-refractivity contribution in [2.45, 2.75) is 64.2 Å². The van der Waals surface area contributed by atoms with Crippen molar-refractivity contribution in [2.24, 2.45) is 0 Å². The van der Waals surface area contributed by atoms with Gasteiger partial charge in [-0.05, 0) is 52.0 Å². The van der Waals surface area contributed by atoms with E-state index in [0.717, 1.165) is 5.56 Å². The fourth-order valence-electron chi connectivity index (χ4n) is 4.23. The number of rotatable bonds is 3. The van der Waals surface area contributed by atoms with Crippen molar-refractivity contribution in [1.29, 1.82) is 0 Å². The molecule has 0 bridgehead atoms. The molecular formula is C24H30O2. The second-order valence-electron chi connectivity index (χ2n) is 8.87. The molecule has 0 heterocycles. The number of ether oxygens (including phenoxy) is 1. The van der Waals surface area contributed by atoms with Crippen LogP contribution >= 0.6 is 0 Å². The zero-order chi connectivity index (χ0) is 19.1. The average molecular weight is 351 g/mol. The summed E-state index contributed by atoms with van der Waals surface area (Å²) in [7, 11) is 1.44. The standard InChI is InChI=1S/C24H30O2/c1-16(18-9-7-8-10-19(18)22(25)26-6)17-11-12-20-21(15-17)24(4,5)14-13-23(20,2)3/h7-12,15-16H,13-14H2,1-6H3. The summed E-state index contributed by atoms with van der Waals surface area (Å²) in [6, 6.07) is 14.7. The maximum absolute atomic E-state index is 12.2. The van der Waals surface area contributed by atoms with Gasteiger partial charge in [-0.2, -0.15) is 0 Å². The van der Waals surface area contributed by atoms with Gasteiger partial charge in [-0.15, -0.1) is 0 Å². The molecule has 0 spiro atoms. The molecule has 3 rings (SSSR count). The second kappa shape index (κ2) is 6.57. The lowest BCUT2D eigenvalue weighted by molar-refractivity contribution is 0.0599. The van der Waals surface area contributed by atoms with Crippen molar-refractivity contribution < 1.29 is 9.53 Å². The summed E-state index contributed by atoms with van der Waals surface area (Å²) in [4.78, 5) is 12.2. The Morgan fingerprint density at radius 3 is 2.23 bits per heavy atom. The molecule has 2 aromatic rings. The van der Waals surface area contributed by atoms with Gasteiger partial charge in [0.2, 0.25) is 0 Å². The molecule has 1 atom stereocenters. The number of benzene rings is 2. The van der Waals surface area contributed by atoms with Crippen LogP contribution in [0.2, 0.25) is 0 Å². The van der Waals surface area contributed by atoms with Crippen molar-refractivity contribution >= 4 is 5.97 Å². The van der Waals surface area contributed by atoms with Gasteiger partial charge in [-0.25, -0.2) is 4.79 Å². The normalized spacial score (nSPS) is 18.7. The molecule has 1 unspecified atom stereocenters. The van der Waals surface area contributed by atoms with E-state index in [0.29, 0.717) is 5.56 Å². The first-order valence-corrected chi connectivity index (χ1v) is 9.49. The first kappa shape index (κ1) is 18.7. The van der Waals surface area contributed by atoms with E-state index < -0.39 is 0 Å². The molecule has 0 aliphatic heterocycles. The third-order valence-electron chi connectivity index (χ3n) is 6.21. The van der Waals surface area contributed by atoms with Gasteiger partial charge in [0.05, 0.1) is 12.7 Å². The molecule has 2 heteroatoms. The highest BCUT2D eigenvalue weighted by atomic mass is 16.5. The van der Waals surface area contributed by atoms with Crippen molar-refractivity contribution in [1.82, 2.24) is 0 Å². The predicted molar refractivity (Wildman–Crippen MR) is 107 cm³/mol. The number of hydrogen-bond acceptors (Lipinski definition) is 2. The van der Waals surface area contributed by atoms with E-state index in [-0.39, 0.29) is 22.7 Å². The number of methoxy groups -OCH3 is 1. The van der Waals surface area contributed by atoms with Gasteiger partial charge < -0.3 is 4.74 Å². The molecular weight excluding hydrogens is 320 g/mol. The summed E-state index contributed by atoms with van der Waals surface area (Å²) in [6.45, 7) is 11.5. The number of hydrogen-bond donors (Lipinski definition) is 0. The average Bonchev–Trinajstić information content (AvgIpc) is 2.64. The highest BCUT2D eigenvalue weighted by Crippen LogP contribution is 2.46. The molecule has 2 aromatic carbocycles. The Labute approximate surface area is 157 Å².